The molecule has 0 radical (unpaired) electrons. The van der Waals surface area contributed by atoms with Crippen LogP contribution in [0, 0.1) is 40.4 Å². The standard InChI is InChI=1S/C40H71N3O8/c1-6-8-9-10-25-48-34(44)14-11-27(3)29-12-13-30-38(32(7-2)50-36(46)18-23-42)31(26-33(40(29,30)5)51-37(47)19-24-43)39(4)20-15-28(16-21-39)49-35(45)17-22-41/h27-33,38H,6-26,41-43H2,1-5H3/t27-,28?,29-,30+,31+,32-,33+,38?,39?,40-/m1/s1. The first-order valence-electron chi connectivity index (χ1n) is 20.2. The van der Waals surface area contributed by atoms with Gasteiger partial charge in [-0.3, -0.25) is 19.2 Å². The number of esters is 4. The topological polar surface area (TPSA) is 183 Å². The van der Waals surface area contributed by atoms with E-state index in [9.17, 15) is 19.2 Å². The summed E-state index contributed by atoms with van der Waals surface area (Å²) in [6.07, 6.45) is 11.4. The molecule has 0 bridgehead atoms. The minimum Gasteiger partial charge on any atom is -0.466 e. The zero-order valence-electron chi connectivity index (χ0n) is 32.5. The lowest BCUT2D eigenvalue weighted by Gasteiger charge is -2.59. The van der Waals surface area contributed by atoms with Crippen molar-refractivity contribution in [1.29, 1.82) is 0 Å². The molecule has 3 aliphatic carbocycles. The maximum Gasteiger partial charge on any atom is 0.307 e. The van der Waals surface area contributed by atoms with Gasteiger partial charge in [-0.05, 0) is 93.3 Å². The maximum atomic E-state index is 13.2. The lowest BCUT2D eigenvalue weighted by atomic mass is 9.48. The second-order valence-electron chi connectivity index (χ2n) is 16.2. The van der Waals surface area contributed by atoms with Gasteiger partial charge in [-0.2, -0.15) is 0 Å². The van der Waals surface area contributed by atoms with Gasteiger partial charge in [-0.25, -0.2) is 0 Å². The Labute approximate surface area is 307 Å². The third kappa shape index (κ3) is 11.4. The Kier molecular flexibility index (Phi) is 17.7. The van der Waals surface area contributed by atoms with Crippen LogP contribution < -0.4 is 17.2 Å². The molecule has 3 fully saturated rings. The van der Waals surface area contributed by atoms with Gasteiger partial charge in [0.25, 0.3) is 0 Å². The summed E-state index contributed by atoms with van der Waals surface area (Å²) in [6, 6.07) is 0. The molecule has 1 unspecified atom stereocenters. The summed E-state index contributed by atoms with van der Waals surface area (Å²) in [6.45, 7) is 12.3. The Morgan fingerprint density at radius 1 is 0.745 bits per heavy atom. The normalized spacial score (nSPS) is 31.6. The summed E-state index contributed by atoms with van der Waals surface area (Å²) in [4.78, 5) is 51.3. The molecule has 0 aromatic heterocycles. The number of fused-ring (bicyclic) bond motifs is 1. The maximum absolute atomic E-state index is 13.2. The lowest BCUT2D eigenvalue weighted by Crippen LogP contribution is -2.59. The van der Waals surface area contributed by atoms with E-state index in [1.807, 2.05) is 0 Å². The van der Waals surface area contributed by atoms with Crippen LogP contribution in [-0.4, -0.2) is 68.4 Å². The molecule has 51 heavy (non-hydrogen) atoms. The van der Waals surface area contributed by atoms with Gasteiger partial charge >= 0.3 is 23.9 Å². The van der Waals surface area contributed by atoms with Crippen molar-refractivity contribution in [1.82, 2.24) is 0 Å². The largest absolute Gasteiger partial charge is 0.466 e. The van der Waals surface area contributed by atoms with E-state index in [1.54, 1.807) is 0 Å². The van der Waals surface area contributed by atoms with Crippen molar-refractivity contribution in [3.8, 4) is 0 Å². The molecule has 11 nitrogen and oxygen atoms in total. The van der Waals surface area contributed by atoms with Crippen LogP contribution in [0.25, 0.3) is 0 Å². The number of nitrogens with two attached hydrogens (primary N) is 3. The summed E-state index contributed by atoms with van der Waals surface area (Å²) in [7, 11) is 0. The van der Waals surface area contributed by atoms with Crippen LogP contribution in [-0.2, 0) is 38.1 Å². The van der Waals surface area contributed by atoms with Crippen molar-refractivity contribution >= 4 is 23.9 Å². The Morgan fingerprint density at radius 2 is 1.37 bits per heavy atom. The third-order valence-corrected chi connectivity index (χ3v) is 12.9. The molecule has 8 atom stereocenters. The molecular weight excluding hydrogens is 650 g/mol. The van der Waals surface area contributed by atoms with Crippen LogP contribution in [0.5, 0.6) is 0 Å². The zero-order chi connectivity index (χ0) is 37.6. The van der Waals surface area contributed by atoms with E-state index in [2.05, 4.69) is 34.6 Å². The summed E-state index contributed by atoms with van der Waals surface area (Å²) < 4.78 is 24.1. The van der Waals surface area contributed by atoms with Crippen LogP contribution in [0.3, 0.4) is 0 Å². The van der Waals surface area contributed by atoms with Gasteiger partial charge in [0.05, 0.1) is 25.9 Å². The molecule has 0 aromatic rings. The van der Waals surface area contributed by atoms with Gasteiger partial charge in [0.1, 0.15) is 18.3 Å². The van der Waals surface area contributed by atoms with Gasteiger partial charge in [0.15, 0.2) is 0 Å². The fourth-order valence-electron chi connectivity index (χ4n) is 10.2. The van der Waals surface area contributed by atoms with Crippen LogP contribution in [0.15, 0.2) is 0 Å². The Bertz CT molecular complexity index is 1110. The van der Waals surface area contributed by atoms with Gasteiger partial charge < -0.3 is 36.1 Å². The van der Waals surface area contributed by atoms with E-state index in [0.717, 1.165) is 64.2 Å². The second-order valence-corrected chi connectivity index (χ2v) is 16.2. The first-order valence-corrected chi connectivity index (χ1v) is 20.2. The average Bonchev–Trinajstić information content (AvgIpc) is 3.45. The molecule has 3 rings (SSSR count). The first kappa shape index (κ1) is 43.2. The Balaban J connectivity index is 1.93. The highest BCUT2D eigenvalue weighted by molar-refractivity contribution is 5.71. The number of carbonyl (C=O) groups is 4. The highest BCUT2D eigenvalue weighted by atomic mass is 16.6. The molecule has 3 aliphatic rings. The number of unbranched alkanes of at least 4 members (excludes halogenated alkanes) is 3. The Morgan fingerprint density at radius 3 is 1.98 bits per heavy atom. The summed E-state index contributed by atoms with van der Waals surface area (Å²) in [5, 5.41) is 0. The van der Waals surface area contributed by atoms with Crippen molar-refractivity contribution in [2.24, 2.45) is 57.6 Å². The fourth-order valence-corrected chi connectivity index (χ4v) is 10.2. The van der Waals surface area contributed by atoms with Gasteiger partial charge in [0, 0.05) is 37.4 Å². The highest BCUT2D eigenvalue weighted by Gasteiger charge is 2.64. The van der Waals surface area contributed by atoms with Crippen LogP contribution in [0.1, 0.15) is 144 Å². The van der Waals surface area contributed by atoms with E-state index < -0.39 is 5.41 Å². The number of ether oxygens (including phenoxy) is 4. The SMILES string of the molecule is CCCCCCOC(=O)CC[C@@H](C)[C@H]1CC[C@H]2C([C@@H](CC)OC(=O)CCN)[C@@H](C3(C)CCC(OC(=O)CCN)CC3)C[C@H](OC(=O)CCN)[C@]12C. The molecule has 0 aromatic carbocycles. The van der Waals surface area contributed by atoms with Crippen molar-refractivity contribution in [2.75, 3.05) is 26.2 Å². The predicted molar refractivity (Wildman–Crippen MR) is 197 cm³/mol. The van der Waals surface area contributed by atoms with Gasteiger partial charge in [0.2, 0.25) is 0 Å². The first-order chi connectivity index (χ1) is 24.4. The summed E-state index contributed by atoms with van der Waals surface area (Å²) in [5.74, 6) is -0.329. The number of hydrogen-bond acceptors (Lipinski definition) is 11. The average molecular weight is 722 g/mol. The van der Waals surface area contributed by atoms with E-state index in [0.29, 0.717) is 32.3 Å². The highest BCUT2D eigenvalue weighted by Crippen LogP contribution is 2.66. The zero-order valence-corrected chi connectivity index (χ0v) is 32.5. The van der Waals surface area contributed by atoms with Crippen LogP contribution >= 0.6 is 0 Å². The summed E-state index contributed by atoms with van der Waals surface area (Å²) >= 11 is 0. The molecule has 0 heterocycles. The van der Waals surface area contributed by atoms with Crippen LogP contribution in [0.2, 0.25) is 0 Å². The van der Waals surface area contributed by atoms with Crippen molar-refractivity contribution in [3.63, 3.8) is 0 Å². The van der Waals surface area contributed by atoms with Crippen LogP contribution in [0.4, 0.5) is 0 Å². The minimum atomic E-state index is -0.395. The third-order valence-electron chi connectivity index (χ3n) is 12.9. The Hall–Kier alpha value is -2.24. The molecule has 294 valence electrons. The van der Waals surface area contributed by atoms with Crippen molar-refractivity contribution < 1.29 is 38.1 Å². The molecule has 0 spiro atoms. The number of rotatable bonds is 21. The summed E-state index contributed by atoms with van der Waals surface area (Å²) in [5.41, 5.74) is 16.6. The minimum absolute atomic E-state index is 0.0396. The van der Waals surface area contributed by atoms with Crippen molar-refractivity contribution in [2.45, 2.75) is 162 Å². The molecule has 3 saturated carbocycles. The molecule has 11 heteroatoms. The molecule has 0 aliphatic heterocycles. The number of hydrogen-bond donors (Lipinski definition) is 3. The second kappa shape index (κ2) is 20.9. The van der Waals surface area contributed by atoms with Gasteiger partial charge in [-0.1, -0.05) is 53.9 Å². The van der Waals surface area contributed by atoms with Gasteiger partial charge in [-0.15, -0.1) is 0 Å². The molecular formula is C40H71N3O8. The lowest BCUT2D eigenvalue weighted by molar-refractivity contribution is -0.200. The molecule has 0 saturated heterocycles. The van der Waals surface area contributed by atoms with E-state index in [4.69, 9.17) is 36.1 Å². The smallest absolute Gasteiger partial charge is 0.307 e. The fraction of sp³-hybridized carbons (Fsp3) is 0.900. The monoisotopic (exact) mass is 722 g/mol. The van der Waals surface area contributed by atoms with Crippen molar-refractivity contribution in [3.05, 3.63) is 0 Å². The number of carbonyl (C=O) groups excluding carboxylic acids is 4. The quantitative estimate of drug-likeness (QED) is 0.0721. The van der Waals surface area contributed by atoms with E-state index in [1.165, 1.54) is 0 Å². The molecule has 6 N–H and O–H groups in total. The van der Waals surface area contributed by atoms with E-state index >= 15 is 0 Å². The van der Waals surface area contributed by atoms with E-state index in [-0.39, 0.29) is 116 Å². The molecule has 0 amide bonds. The predicted octanol–water partition coefficient (Wildman–Crippen LogP) is 5.97.